The molecule has 0 aliphatic heterocycles. The van der Waals surface area contributed by atoms with Crippen LogP contribution in [0.5, 0.6) is 0 Å². The van der Waals surface area contributed by atoms with E-state index in [1.807, 2.05) is 24.3 Å². The first-order chi connectivity index (χ1) is 14.9. The molecule has 0 spiro atoms. The largest absolute Gasteiger partial charge is 0.352 e. The van der Waals surface area contributed by atoms with Gasteiger partial charge < -0.3 is 10.2 Å². The number of thioether (sulfide) groups is 1. The summed E-state index contributed by atoms with van der Waals surface area (Å²) in [4.78, 5) is 27.5. The van der Waals surface area contributed by atoms with Crippen molar-refractivity contribution in [1.82, 2.24) is 10.2 Å². The maximum absolute atomic E-state index is 13.3. The second kappa shape index (κ2) is 11.7. The zero-order chi connectivity index (χ0) is 22.2. The number of hydrogen-bond acceptors (Lipinski definition) is 3. The molecule has 4 nitrogen and oxygen atoms in total. The molecule has 2 aromatic rings. The maximum Gasteiger partial charge on any atom is 0.242 e. The standard InChI is InChI=1S/C24H28BrFN2O2S/c1-17(24(30)27-22-4-2-3-5-22)28(14-18-8-12-21(26)13-9-18)23(29)16-31-15-19-6-10-20(25)11-7-19/h6-13,17,22H,2-5,14-16H2,1H3,(H,27,30)/t17-/m0/s1. The fraction of sp³-hybridized carbons (Fsp3) is 0.417. The molecule has 1 aliphatic rings. The first-order valence-corrected chi connectivity index (χ1v) is 12.5. The Morgan fingerprint density at radius 1 is 1.10 bits per heavy atom. The van der Waals surface area contributed by atoms with Crippen molar-refractivity contribution in [1.29, 1.82) is 0 Å². The molecule has 2 amide bonds. The molecule has 0 unspecified atom stereocenters. The summed E-state index contributed by atoms with van der Waals surface area (Å²) >= 11 is 4.95. The van der Waals surface area contributed by atoms with Crippen LogP contribution in [0.15, 0.2) is 53.0 Å². The molecule has 3 rings (SSSR count). The van der Waals surface area contributed by atoms with Gasteiger partial charge >= 0.3 is 0 Å². The average Bonchev–Trinajstić information content (AvgIpc) is 3.27. The quantitative estimate of drug-likeness (QED) is 0.502. The van der Waals surface area contributed by atoms with Crippen molar-refractivity contribution in [3.05, 3.63) is 69.9 Å². The first kappa shape index (κ1) is 23.8. The molecule has 1 atom stereocenters. The summed E-state index contributed by atoms with van der Waals surface area (Å²) in [5.41, 5.74) is 1.94. The highest BCUT2D eigenvalue weighted by Gasteiger charge is 2.28. The van der Waals surface area contributed by atoms with Crippen LogP contribution in [-0.4, -0.2) is 34.6 Å². The van der Waals surface area contributed by atoms with Crippen LogP contribution < -0.4 is 5.32 Å². The highest BCUT2D eigenvalue weighted by molar-refractivity contribution is 9.10. The first-order valence-electron chi connectivity index (χ1n) is 10.6. The Morgan fingerprint density at radius 2 is 1.71 bits per heavy atom. The third-order valence-corrected chi connectivity index (χ3v) is 7.06. The monoisotopic (exact) mass is 506 g/mol. The number of rotatable bonds is 9. The number of nitrogens with one attached hydrogen (secondary N) is 1. The smallest absolute Gasteiger partial charge is 0.242 e. The van der Waals surface area contributed by atoms with Gasteiger partial charge in [0, 0.05) is 22.8 Å². The van der Waals surface area contributed by atoms with Crippen LogP contribution >= 0.6 is 27.7 Å². The van der Waals surface area contributed by atoms with Crippen LogP contribution in [0.1, 0.15) is 43.7 Å². The molecule has 0 aromatic heterocycles. The van der Waals surface area contributed by atoms with E-state index < -0.39 is 6.04 Å². The summed E-state index contributed by atoms with van der Waals surface area (Å²) in [5.74, 6) is 0.448. The van der Waals surface area contributed by atoms with Crippen molar-refractivity contribution < 1.29 is 14.0 Å². The Labute approximate surface area is 196 Å². The lowest BCUT2D eigenvalue weighted by Crippen LogP contribution is -2.50. The summed E-state index contributed by atoms with van der Waals surface area (Å²) in [6.07, 6.45) is 4.25. The van der Waals surface area contributed by atoms with Crippen LogP contribution in [0, 0.1) is 5.82 Å². The lowest BCUT2D eigenvalue weighted by Gasteiger charge is -2.29. The molecule has 7 heteroatoms. The Hall–Kier alpha value is -1.86. The van der Waals surface area contributed by atoms with Gasteiger partial charge in [-0.2, -0.15) is 0 Å². The van der Waals surface area contributed by atoms with Crippen LogP contribution in [-0.2, 0) is 21.9 Å². The Morgan fingerprint density at radius 3 is 2.35 bits per heavy atom. The fourth-order valence-electron chi connectivity index (χ4n) is 3.68. The van der Waals surface area contributed by atoms with E-state index in [1.165, 1.54) is 23.9 Å². The molecule has 1 saturated carbocycles. The van der Waals surface area contributed by atoms with Gasteiger partial charge in [-0.15, -0.1) is 11.8 Å². The van der Waals surface area contributed by atoms with Gasteiger partial charge in [0.05, 0.1) is 5.75 Å². The molecule has 0 heterocycles. The molecule has 0 saturated heterocycles. The molecule has 1 N–H and O–H groups in total. The minimum absolute atomic E-state index is 0.0968. The number of carbonyl (C=O) groups excluding carboxylic acids is 2. The molecule has 0 bridgehead atoms. The van der Waals surface area contributed by atoms with Crippen LogP contribution in [0.2, 0.25) is 0 Å². The lowest BCUT2D eigenvalue weighted by molar-refractivity contribution is -0.138. The Balaban J connectivity index is 1.64. The van der Waals surface area contributed by atoms with Gasteiger partial charge in [-0.1, -0.05) is 53.0 Å². The van der Waals surface area contributed by atoms with E-state index in [4.69, 9.17) is 0 Å². The minimum Gasteiger partial charge on any atom is -0.352 e. The Kier molecular flexibility index (Phi) is 8.96. The van der Waals surface area contributed by atoms with Crippen molar-refractivity contribution in [3.63, 3.8) is 0 Å². The van der Waals surface area contributed by atoms with Crippen LogP contribution in [0.3, 0.4) is 0 Å². The fourth-order valence-corrected chi connectivity index (χ4v) is 4.82. The van der Waals surface area contributed by atoms with E-state index in [9.17, 15) is 14.0 Å². The summed E-state index contributed by atoms with van der Waals surface area (Å²) in [7, 11) is 0. The molecule has 1 aliphatic carbocycles. The molecular formula is C24H28BrFN2O2S. The average molecular weight is 507 g/mol. The number of carbonyl (C=O) groups is 2. The van der Waals surface area contributed by atoms with Crippen molar-refractivity contribution >= 4 is 39.5 Å². The van der Waals surface area contributed by atoms with E-state index in [-0.39, 0.29) is 36.0 Å². The van der Waals surface area contributed by atoms with Gasteiger partial charge in [-0.25, -0.2) is 4.39 Å². The molecule has 2 aromatic carbocycles. The van der Waals surface area contributed by atoms with Crippen molar-refractivity contribution in [2.75, 3.05) is 5.75 Å². The minimum atomic E-state index is -0.591. The molecule has 31 heavy (non-hydrogen) atoms. The number of benzene rings is 2. The van der Waals surface area contributed by atoms with Gasteiger partial charge in [0.2, 0.25) is 11.8 Å². The van der Waals surface area contributed by atoms with E-state index in [2.05, 4.69) is 21.2 Å². The van der Waals surface area contributed by atoms with Gasteiger partial charge in [-0.3, -0.25) is 9.59 Å². The van der Waals surface area contributed by atoms with Crippen molar-refractivity contribution in [2.24, 2.45) is 0 Å². The lowest BCUT2D eigenvalue weighted by atomic mass is 10.1. The number of nitrogens with zero attached hydrogens (tertiary/aromatic N) is 1. The molecule has 0 radical (unpaired) electrons. The van der Waals surface area contributed by atoms with E-state index in [0.29, 0.717) is 5.75 Å². The third kappa shape index (κ3) is 7.35. The number of amides is 2. The highest BCUT2D eigenvalue weighted by Crippen LogP contribution is 2.20. The molecule has 166 valence electrons. The van der Waals surface area contributed by atoms with Crippen molar-refractivity contribution in [3.8, 4) is 0 Å². The van der Waals surface area contributed by atoms with Gasteiger partial charge in [0.1, 0.15) is 11.9 Å². The van der Waals surface area contributed by atoms with E-state index >= 15 is 0 Å². The number of hydrogen-bond donors (Lipinski definition) is 1. The summed E-state index contributed by atoms with van der Waals surface area (Å²) in [6, 6.07) is 13.7. The van der Waals surface area contributed by atoms with Crippen molar-refractivity contribution in [2.45, 2.75) is 57.0 Å². The van der Waals surface area contributed by atoms with E-state index in [0.717, 1.165) is 41.3 Å². The summed E-state index contributed by atoms with van der Waals surface area (Å²) in [5, 5.41) is 3.09. The predicted molar refractivity (Wildman–Crippen MR) is 127 cm³/mol. The summed E-state index contributed by atoms with van der Waals surface area (Å²) < 4.78 is 14.3. The third-order valence-electron chi connectivity index (χ3n) is 5.54. The highest BCUT2D eigenvalue weighted by atomic mass is 79.9. The zero-order valence-corrected chi connectivity index (χ0v) is 20.1. The predicted octanol–water partition coefficient (Wildman–Crippen LogP) is 5.30. The topological polar surface area (TPSA) is 49.4 Å². The molecular weight excluding hydrogens is 479 g/mol. The SMILES string of the molecule is C[C@@H](C(=O)NC1CCCC1)N(Cc1ccc(F)cc1)C(=O)CSCc1ccc(Br)cc1. The molecule has 1 fully saturated rings. The van der Waals surface area contributed by atoms with Gasteiger partial charge in [0.25, 0.3) is 0 Å². The second-order valence-electron chi connectivity index (χ2n) is 7.93. The normalized spacial score (nSPS) is 14.9. The van der Waals surface area contributed by atoms with Crippen LogP contribution in [0.4, 0.5) is 4.39 Å². The maximum atomic E-state index is 13.3. The van der Waals surface area contributed by atoms with Gasteiger partial charge in [-0.05, 0) is 55.2 Å². The van der Waals surface area contributed by atoms with Gasteiger partial charge in [0.15, 0.2) is 0 Å². The zero-order valence-electron chi connectivity index (χ0n) is 17.7. The number of halogens is 2. The second-order valence-corrected chi connectivity index (χ2v) is 9.83. The summed E-state index contributed by atoms with van der Waals surface area (Å²) in [6.45, 7) is 2.04. The van der Waals surface area contributed by atoms with Crippen LogP contribution in [0.25, 0.3) is 0 Å². The Bertz CT molecular complexity index is 870. The van der Waals surface area contributed by atoms with E-state index in [1.54, 1.807) is 24.0 Å².